The first kappa shape index (κ1) is 36.8. The molecule has 2 rings (SSSR count). The third-order valence-electron chi connectivity index (χ3n) is 7.52. The smallest absolute Gasteiger partial charge is 0.421 e. The highest BCUT2D eigenvalue weighted by Gasteiger charge is 2.29. The van der Waals surface area contributed by atoms with E-state index in [1.807, 2.05) is 23.8 Å². The van der Waals surface area contributed by atoms with E-state index in [9.17, 15) is 9.59 Å². The van der Waals surface area contributed by atoms with Gasteiger partial charge in [0.25, 0.3) is 0 Å². The molecule has 7 nitrogen and oxygen atoms in total. The van der Waals surface area contributed by atoms with Gasteiger partial charge in [0, 0.05) is 25.5 Å². The Kier molecular flexibility index (Phi) is 21.4. The van der Waals surface area contributed by atoms with Crippen LogP contribution >= 0.6 is 0 Å². The maximum atomic E-state index is 12.7. The van der Waals surface area contributed by atoms with Gasteiger partial charge in [-0.05, 0) is 25.8 Å². The first-order valence-corrected chi connectivity index (χ1v) is 15.7. The summed E-state index contributed by atoms with van der Waals surface area (Å²) in [6.45, 7) is 8.62. The van der Waals surface area contributed by atoms with E-state index in [1.54, 1.807) is 12.3 Å². The van der Waals surface area contributed by atoms with Gasteiger partial charge in [0.2, 0.25) is 5.91 Å². The molecule has 2 heterocycles. The number of pyridine rings is 1. The highest BCUT2D eigenvalue weighted by Crippen LogP contribution is 2.21. The third-order valence-corrected chi connectivity index (χ3v) is 7.52. The van der Waals surface area contributed by atoms with Crippen LogP contribution in [0.15, 0.2) is 24.5 Å². The SMILES string of the molecule is CCCCCCCCCCCCCCCCOC[C@@H]1CO[C@@H](COC(=O)N(C(C)=O)c2ccc[n+](CC)c2)C1.[I-]. The number of hydrogen-bond donors (Lipinski definition) is 0. The van der Waals surface area contributed by atoms with Gasteiger partial charge >= 0.3 is 6.09 Å². The topological polar surface area (TPSA) is 69.0 Å². The first-order chi connectivity index (χ1) is 19.0. The lowest BCUT2D eigenvalue weighted by atomic mass is 10.0. The molecule has 0 spiro atoms. The van der Waals surface area contributed by atoms with Crippen LogP contribution in [0.1, 0.15) is 117 Å². The zero-order valence-corrected chi connectivity index (χ0v) is 27.6. The van der Waals surface area contributed by atoms with Gasteiger partial charge in [-0.2, -0.15) is 0 Å². The predicted octanol–water partition coefficient (Wildman–Crippen LogP) is 4.39. The molecule has 2 atom stereocenters. The molecule has 1 aromatic heterocycles. The summed E-state index contributed by atoms with van der Waals surface area (Å²) in [5, 5.41) is 0. The normalized spacial score (nSPS) is 16.5. The second kappa shape index (κ2) is 23.3. The van der Waals surface area contributed by atoms with Crippen molar-refractivity contribution in [3.8, 4) is 0 Å². The summed E-state index contributed by atoms with van der Waals surface area (Å²) in [7, 11) is 0. The lowest BCUT2D eigenvalue weighted by Gasteiger charge is -2.19. The molecule has 2 amide bonds. The van der Waals surface area contributed by atoms with Gasteiger partial charge in [-0.1, -0.05) is 90.4 Å². The van der Waals surface area contributed by atoms with Crippen molar-refractivity contribution in [3.63, 3.8) is 0 Å². The number of hydrogen-bond acceptors (Lipinski definition) is 5. The number of imide groups is 1. The number of ether oxygens (including phenoxy) is 3. The molecular weight excluding hydrogens is 619 g/mol. The van der Waals surface area contributed by atoms with Crippen LogP contribution in [0.3, 0.4) is 0 Å². The van der Waals surface area contributed by atoms with E-state index in [2.05, 4.69) is 6.92 Å². The molecule has 0 aromatic carbocycles. The maximum Gasteiger partial charge on any atom is 0.421 e. The molecule has 1 aliphatic rings. The van der Waals surface area contributed by atoms with E-state index in [-0.39, 0.29) is 42.6 Å². The van der Waals surface area contributed by atoms with Crippen LogP contribution in [0.2, 0.25) is 0 Å². The molecule has 230 valence electrons. The van der Waals surface area contributed by atoms with Crippen LogP contribution in [0.25, 0.3) is 0 Å². The molecule has 1 saturated heterocycles. The van der Waals surface area contributed by atoms with Gasteiger partial charge in [0.1, 0.15) is 18.8 Å². The van der Waals surface area contributed by atoms with Crippen molar-refractivity contribution in [2.45, 2.75) is 130 Å². The Morgan fingerprint density at radius 3 is 2.10 bits per heavy atom. The summed E-state index contributed by atoms with van der Waals surface area (Å²) in [6.07, 6.45) is 22.6. The maximum absolute atomic E-state index is 12.7. The Labute approximate surface area is 260 Å². The van der Waals surface area contributed by atoms with Gasteiger partial charge < -0.3 is 38.2 Å². The van der Waals surface area contributed by atoms with Crippen molar-refractivity contribution in [2.24, 2.45) is 5.92 Å². The number of nitrogens with zero attached hydrogens (tertiary/aromatic N) is 2. The standard InChI is InChI=1S/C32H55N2O5.HI/c1-4-6-7-8-9-10-11-12-13-14-15-16-17-18-22-37-25-29-23-31(38-26-29)27-39-32(36)34(28(3)35)30-20-19-21-33(5-2)24-30;/h19-21,24,29,31H,4-18,22-23,25-27H2,1-3H3;1H/q+1;/p-1/t29-,31-;/m1./s1. The van der Waals surface area contributed by atoms with Gasteiger partial charge in [0.05, 0.1) is 19.3 Å². The molecule has 0 unspecified atom stereocenters. The molecule has 1 fully saturated rings. The minimum atomic E-state index is -0.669. The fourth-order valence-corrected chi connectivity index (χ4v) is 5.14. The van der Waals surface area contributed by atoms with Crippen molar-refractivity contribution in [1.29, 1.82) is 0 Å². The fourth-order valence-electron chi connectivity index (χ4n) is 5.14. The van der Waals surface area contributed by atoms with E-state index in [4.69, 9.17) is 14.2 Å². The highest BCUT2D eigenvalue weighted by atomic mass is 127. The van der Waals surface area contributed by atoms with Crippen LogP contribution in [0.5, 0.6) is 0 Å². The van der Waals surface area contributed by atoms with Gasteiger partial charge in [0.15, 0.2) is 12.4 Å². The molecular formula is C32H55IN2O5. The van der Waals surface area contributed by atoms with E-state index < -0.39 is 6.09 Å². The number of carbonyl (C=O) groups excluding carboxylic acids is 2. The number of anilines is 1. The Morgan fingerprint density at radius 2 is 1.52 bits per heavy atom. The Balaban J connectivity index is 0.00000800. The van der Waals surface area contributed by atoms with Crippen molar-refractivity contribution < 1.29 is 52.3 Å². The average Bonchev–Trinajstić information content (AvgIpc) is 3.39. The summed E-state index contributed by atoms with van der Waals surface area (Å²) in [5.74, 6) is -0.0575. The van der Waals surface area contributed by atoms with Gasteiger partial charge in [-0.25, -0.2) is 14.3 Å². The van der Waals surface area contributed by atoms with Crippen molar-refractivity contribution in [3.05, 3.63) is 24.5 Å². The first-order valence-electron chi connectivity index (χ1n) is 15.7. The number of rotatable bonds is 21. The van der Waals surface area contributed by atoms with Crippen molar-refractivity contribution >= 4 is 17.7 Å². The number of halogens is 1. The van der Waals surface area contributed by atoms with Crippen LogP contribution in [-0.4, -0.2) is 44.5 Å². The van der Waals surface area contributed by atoms with Crippen molar-refractivity contribution in [2.75, 3.05) is 31.3 Å². The summed E-state index contributed by atoms with van der Waals surface area (Å²) >= 11 is 0. The summed E-state index contributed by atoms with van der Waals surface area (Å²) in [5.41, 5.74) is 0.499. The van der Waals surface area contributed by atoms with Crippen LogP contribution in [-0.2, 0) is 25.5 Å². The largest absolute Gasteiger partial charge is 1.00 e. The van der Waals surface area contributed by atoms with E-state index in [0.29, 0.717) is 24.8 Å². The predicted molar refractivity (Wildman–Crippen MR) is 156 cm³/mol. The van der Waals surface area contributed by atoms with E-state index >= 15 is 0 Å². The molecule has 0 radical (unpaired) electrons. The van der Waals surface area contributed by atoms with Crippen LogP contribution < -0.4 is 33.4 Å². The number of aromatic nitrogens is 1. The summed E-state index contributed by atoms with van der Waals surface area (Å²) < 4.78 is 19.1. The lowest BCUT2D eigenvalue weighted by Crippen LogP contribution is -3.00. The second-order valence-electron chi connectivity index (χ2n) is 11.1. The summed E-state index contributed by atoms with van der Waals surface area (Å²) in [6, 6.07) is 3.54. The quantitative estimate of drug-likeness (QED) is 0.110. The Hall–Kier alpha value is -1.26. The molecule has 40 heavy (non-hydrogen) atoms. The van der Waals surface area contributed by atoms with Gasteiger partial charge in [-0.15, -0.1) is 0 Å². The fraction of sp³-hybridized carbons (Fsp3) is 0.781. The number of aryl methyl sites for hydroxylation is 1. The zero-order valence-electron chi connectivity index (χ0n) is 25.4. The molecule has 0 saturated carbocycles. The average molecular weight is 675 g/mol. The van der Waals surface area contributed by atoms with Crippen LogP contribution in [0, 0.1) is 5.92 Å². The second-order valence-corrected chi connectivity index (χ2v) is 11.1. The summed E-state index contributed by atoms with van der Waals surface area (Å²) in [4.78, 5) is 25.9. The Bertz CT molecular complexity index is 809. The molecule has 0 N–H and O–H groups in total. The highest BCUT2D eigenvalue weighted by molar-refractivity contribution is 6.11. The lowest BCUT2D eigenvalue weighted by molar-refractivity contribution is -0.693. The van der Waals surface area contributed by atoms with Crippen molar-refractivity contribution in [1.82, 2.24) is 0 Å². The number of carbonyl (C=O) groups is 2. The number of unbranched alkanes of at least 4 members (excludes halogenated alkanes) is 13. The minimum absolute atomic E-state index is 0. The van der Waals surface area contributed by atoms with Crippen LogP contribution in [0.4, 0.5) is 10.5 Å². The number of amides is 2. The third kappa shape index (κ3) is 15.7. The zero-order chi connectivity index (χ0) is 28.1. The molecule has 8 heteroatoms. The monoisotopic (exact) mass is 674 g/mol. The minimum Gasteiger partial charge on any atom is -1.00 e. The Morgan fingerprint density at radius 1 is 0.925 bits per heavy atom. The van der Waals surface area contributed by atoms with E-state index in [1.165, 1.54) is 90.4 Å². The molecule has 1 aliphatic heterocycles. The van der Waals surface area contributed by atoms with E-state index in [0.717, 1.165) is 30.9 Å². The van der Waals surface area contributed by atoms with Gasteiger partial charge in [-0.3, -0.25) is 4.79 Å². The molecule has 0 aliphatic carbocycles. The molecule has 1 aromatic rings. The molecule has 0 bridgehead atoms.